The van der Waals surface area contributed by atoms with E-state index in [1.807, 2.05) is 0 Å². The molecular formula is C15H16FN3O. The minimum atomic E-state index is -0.314. The number of aromatic nitrogens is 2. The zero-order chi connectivity index (χ0) is 14.1. The smallest absolute Gasteiger partial charge is 0.224 e. The molecule has 1 saturated carbocycles. The second-order valence-corrected chi connectivity index (χ2v) is 5.05. The fourth-order valence-electron chi connectivity index (χ4n) is 2.22. The van der Waals surface area contributed by atoms with Crippen molar-refractivity contribution in [2.75, 3.05) is 5.32 Å². The Morgan fingerprint density at radius 2 is 2.30 bits per heavy atom. The van der Waals surface area contributed by atoms with Crippen molar-refractivity contribution in [3.63, 3.8) is 0 Å². The number of carbonyl (C=O) groups excluding carboxylic acids is 1. The van der Waals surface area contributed by atoms with Gasteiger partial charge < -0.3 is 5.32 Å². The van der Waals surface area contributed by atoms with E-state index in [-0.39, 0.29) is 11.7 Å². The number of nitrogens with zero attached hydrogens (tertiary/aromatic N) is 1. The summed E-state index contributed by atoms with van der Waals surface area (Å²) in [5.74, 6) is 0.0501. The molecule has 0 saturated heterocycles. The average molecular weight is 273 g/mol. The fraction of sp³-hybridized carbons (Fsp3) is 0.333. The first-order chi connectivity index (χ1) is 9.69. The van der Waals surface area contributed by atoms with Crippen LogP contribution in [0.1, 0.15) is 37.8 Å². The van der Waals surface area contributed by atoms with Gasteiger partial charge in [-0.1, -0.05) is 19.1 Å². The van der Waals surface area contributed by atoms with Crippen LogP contribution in [0, 0.1) is 5.82 Å². The van der Waals surface area contributed by atoms with Gasteiger partial charge in [0.05, 0.1) is 11.4 Å². The molecule has 0 spiro atoms. The number of aromatic amines is 1. The molecule has 1 heterocycles. The molecule has 0 aliphatic heterocycles. The van der Waals surface area contributed by atoms with E-state index < -0.39 is 0 Å². The quantitative estimate of drug-likeness (QED) is 0.896. The van der Waals surface area contributed by atoms with Crippen LogP contribution in [0.5, 0.6) is 0 Å². The Bertz CT molecular complexity index is 646. The molecule has 2 N–H and O–H groups in total. The van der Waals surface area contributed by atoms with Crippen LogP contribution in [-0.2, 0) is 4.79 Å². The predicted molar refractivity (Wildman–Crippen MR) is 74.9 cm³/mol. The number of halogens is 1. The molecule has 3 rings (SSSR count). The summed E-state index contributed by atoms with van der Waals surface area (Å²) in [6.07, 6.45) is 2.59. The van der Waals surface area contributed by atoms with Crippen molar-refractivity contribution >= 4 is 11.6 Å². The first kappa shape index (κ1) is 12.8. The fourth-order valence-corrected chi connectivity index (χ4v) is 2.22. The third kappa shape index (κ3) is 2.43. The molecular weight excluding hydrogens is 257 g/mol. The zero-order valence-electron chi connectivity index (χ0n) is 11.2. The number of hydrogen-bond acceptors (Lipinski definition) is 2. The number of nitrogens with one attached hydrogen (secondary N) is 2. The Kier molecular flexibility index (Phi) is 3.26. The van der Waals surface area contributed by atoms with Gasteiger partial charge in [0.2, 0.25) is 5.91 Å². The van der Waals surface area contributed by atoms with E-state index in [2.05, 4.69) is 15.5 Å². The largest absolute Gasteiger partial charge is 0.323 e. The molecule has 20 heavy (non-hydrogen) atoms. The number of carbonyl (C=O) groups is 1. The van der Waals surface area contributed by atoms with E-state index in [0.717, 1.165) is 18.5 Å². The number of anilines is 1. The van der Waals surface area contributed by atoms with Crippen molar-refractivity contribution in [3.05, 3.63) is 35.8 Å². The minimum absolute atomic E-state index is 0.0639. The molecule has 1 aromatic carbocycles. The van der Waals surface area contributed by atoms with Crippen LogP contribution in [0.15, 0.2) is 24.3 Å². The molecule has 104 valence electrons. The molecule has 0 bridgehead atoms. The molecule has 1 amide bonds. The normalized spacial score (nSPS) is 14.3. The molecule has 0 atom stereocenters. The number of benzene rings is 1. The summed E-state index contributed by atoms with van der Waals surface area (Å²) in [5, 5.41) is 10.2. The summed E-state index contributed by atoms with van der Waals surface area (Å²) in [7, 11) is 0. The molecule has 5 heteroatoms. The monoisotopic (exact) mass is 273 g/mol. The van der Waals surface area contributed by atoms with Crippen molar-refractivity contribution in [1.82, 2.24) is 10.2 Å². The Labute approximate surface area is 116 Å². The summed E-state index contributed by atoms with van der Waals surface area (Å²) in [6.45, 7) is 1.80. The van der Waals surface area contributed by atoms with Crippen molar-refractivity contribution < 1.29 is 9.18 Å². The predicted octanol–water partition coefficient (Wildman–Crippen LogP) is 3.44. The number of hydrogen-bond donors (Lipinski definition) is 2. The summed E-state index contributed by atoms with van der Waals surface area (Å²) in [6, 6.07) is 6.25. The Morgan fingerprint density at radius 3 is 2.95 bits per heavy atom. The van der Waals surface area contributed by atoms with E-state index >= 15 is 0 Å². The van der Waals surface area contributed by atoms with Crippen molar-refractivity contribution in [2.45, 2.75) is 32.1 Å². The number of amides is 1. The minimum Gasteiger partial charge on any atom is -0.323 e. The van der Waals surface area contributed by atoms with Gasteiger partial charge in [-0.25, -0.2) is 4.39 Å². The summed E-state index contributed by atoms with van der Waals surface area (Å²) in [4.78, 5) is 11.7. The highest BCUT2D eigenvalue weighted by Gasteiger charge is 2.30. The maximum atomic E-state index is 13.4. The molecule has 4 nitrogen and oxygen atoms in total. The van der Waals surface area contributed by atoms with Crippen molar-refractivity contribution in [1.29, 1.82) is 0 Å². The molecule has 0 radical (unpaired) electrons. The summed E-state index contributed by atoms with van der Waals surface area (Å²) >= 11 is 0. The van der Waals surface area contributed by atoms with Crippen LogP contribution >= 0.6 is 0 Å². The van der Waals surface area contributed by atoms with Crippen LogP contribution in [0.25, 0.3) is 11.3 Å². The standard InChI is InChI=1S/C15H16FN3O/c1-2-12(20)17-15-13(9-6-7-9)18-19-14(15)10-4-3-5-11(16)8-10/h3-5,8-9H,2,6-7H2,1H3,(H,17,20)(H,18,19). The van der Waals surface area contributed by atoms with Gasteiger partial charge in [0.25, 0.3) is 0 Å². The SMILES string of the molecule is CCC(=O)Nc1c(-c2cccc(F)c2)n[nH]c1C1CC1. The van der Waals surface area contributed by atoms with Crippen molar-refractivity contribution in [2.24, 2.45) is 0 Å². The van der Waals surface area contributed by atoms with Crippen LogP contribution in [0.4, 0.5) is 10.1 Å². The lowest BCUT2D eigenvalue weighted by Crippen LogP contribution is -2.11. The third-order valence-electron chi connectivity index (χ3n) is 3.46. The second-order valence-electron chi connectivity index (χ2n) is 5.05. The highest BCUT2D eigenvalue weighted by Crippen LogP contribution is 2.45. The van der Waals surface area contributed by atoms with Crippen molar-refractivity contribution in [3.8, 4) is 11.3 Å². The number of rotatable bonds is 4. The zero-order valence-corrected chi connectivity index (χ0v) is 11.2. The van der Waals surface area contributed by atoms with Crippen LogP contribution in [0.2, 0.25) is 0 Å². The second kappa shape index (κ2) is 5.07. The first-order valence-electron chi connectivity index (χ1n) is 6.83. The van der Waals surface area contributed by atoms with E-state index in [4.69, 9.17) is 0 Å². The van der Waals surface area contributed by atoms with E-state index in [1.54, 1.807) is 19.1 Å². The maximum absolute atomic E-state index is 13.4. The van der Waals surface area contributed by atoms with Gasteiger partial charge >= 0.3 is 0 Å². The van der Waals surface area contributed by atoms with Gasteiger partial charge in [0.15, 0.2) is 0 Å². The molecule has 1 aromatic heterocycles. The van der Waals surface area contributed by atoms with Crippen LogP contribution in [-0.4, -0.2) is 16.1 Å². The van der Waals surface area contributed by atoms with Crippen LogP contribution < -0.4 is 5.32 Å². The molecule has 0 unspecified atom stereocenters. The van der Waals surface area contributed by atoms with Gasteiger partial charge in [0.1, 0.15) is 11.5 Å². The van der Waals surface area contributed by atoms with Gasteiger partial charge in [-0.2, -0.15) is 5.10 Å². The lowest BCUT2D eigenvalue weighted by Gasteiger charge is -2.07. The Balaban J connectivity index is 2.03. The van der Waals surface area contributed by atoms with E-state index in [1.165, 1.54) is 12.1 Å². The molecule has 1 aliphatic rings. The highest BCUT2D eigenvalue weighted by atomic mass is 19.1. The van der Waals surface area contributed by atoms with Crippen LogP contribution in [0.3, 0.4) is 0 Å². The van der Waals surface area contributed by atoms with E-state index in [0.29, 0.717) is 29.3 Å². The average Bonchev–Trinajstić information content (AvgIpc) is 3.20. The Morgan fingerprint density at radius 1 is 1.50 bits per heavy atom. The Hall–Kier alpha value is -2.17. The number of H-pyrrole nitrogens is 1. The van der Waals surface area contributed by atoms with Gasteiger partial charge in [-0.15, -0.1) is 0 Å². The first-order valence-corrected chi connectivity index (χ1v) is 6.83. The molecule has 1 aliphatic carbocycles. The van der Waals surface area contributed by atoms with Gasteiger partial charge in [-0.05, 0) is 25.0 Å². The highest BCUT2D eigenvalue weighted by molar-refractivity contribution is 5.95. The van der Waals surface area contributed by atoms with Gasteiger partial charge in [0, 0.05) is 17.9 Å². The topological polar surface area (TPSA) is 57.8 Å². The van der Waals surface area contributed by atoms with E-state index in [9.17, 15) is 9.18 Å². The lowest BCUT2D eigenvalue weighted by molar-refractivity contribution is -0.115. The summed E-state index contributed by atoms with van der Waals surface area (Å²) in [5.41, 5.74) is 2.92. The van der Waals surface area contributed by atoms with Gasteiger partial charge in [-0.3, -0.25) is 9.89 Å². The summed E-state index contributed by atoms with van der Waals surface area (Å²) < 4.78 is 13.4. The lowest BCUT2D eigenvalue weighted by atomic mass is 10.1. The maximum Gasteiger partial charge on any atom is 0.224 e. The molecule has 2 aromatic rings. The molecule has 1 fully saturated rings. The third-order valence-corrected chi connectivity index (χ3v) is 3.46.